The van der Waals surface area contributed by atoms with Crippen LogP contribution >= 0.6 is 0 Å². The summed E-state index contributed by atoms with van der Waals surface area (Å²) in [5, 5.41) is 25.2. The number of carbonyl (C=O) groups is 3. The minimum Gasteiger partial charge on any atom is -0.493 e. The quantitative estimate of drug-likeness (QED) is 0.410. The fourth-order valence-electron chi connectivity index (χ4n) is 3.53. The van der Waals surface area contributed by atoms with Gasteiger partial charge in [-0.15, -0.1) is 0 Å². The Morgan fingerprint density at radius 3 is 2.94 bits per heavy atom. The molecule has 2 heterocycles. The molecule has 0 unspecified atom stereocenters. The van der Waals surface area contributed by atoms with Gasteiger partial charge in [-0.3, -0.25) is 14.4 Å². The van der Waals surface area contributed by atoms with Gasteiger partial charge in [-0.05, 0) is 36.2 Å². The van der Waals surface area contributed by atoms with Crippen LogP contribution < -0.4 is 15.4 Å². The summed E-state index contributed by atoms with van der Waals surface area (Å²) >= 11 is 0. The van der Waals surface area contributed by atoms with E-state index in [2.05, 4.69) is 20.6 Å². The third kappa shape index (κ3) is 4.40. The molecule has 0 saturated carbocycles. The van der Waals surface area contributed by atoms with Gasteiger partial charge in [-0.2, -0.15) is 10.2 Å². The average molecular weight is 449 g/mol. The highest BCUT2D eigenvalue weighted by Crippen LogP contribution is 2.36. The molecule has 0 atom stereocenters. The van der Waals surface area contributed by atoms with E-state index in [0.29, 0.717) is 17.0 Å². The number of nitrogens with zero attached hydrogens (tertiary/aromatic N) is 2. The second-order valence-electron chi connectivity index (χ2n) is 7.18. The molecule has 1 aliphatic carbocycles. The molecule has 0 bridgehead atoms. The van der Waals surface area contributed by atoms with Gasteiger partial charge >= 0.3 is 5.97 Å². The Hall–Kier alpha value is -4.59. The van der Waals surface area contributed by atoms with E-state index < -0.39 is 17.8 Å². The van der Waals surface area contributed by atoms with Crippen molar-refractivity contribution in [1.82, 2.24) is 15.3 Å². The summed E-state index contributed by atoms with van der Waals surface area (Å²) in [5.74, 6) is -1.53. The Bertz CT molecular complexity index is 1270. The number of aromatic amines is 1. The highest BCUT2D eigenvalue weighted by molar-refractivity contribution is 5.95. The van der Waals surface area contributed by atoms with Crippen molar-refractivity contribution in [2.45, 2.75) is 19.9 Å². The first-order valence-corrected chi connectivity index (χ1v) is 10.0. The second-order valence-corrected chi connectivity index (χ2v) is 7.18. The maximum atomic E-state index is 12.6. The number of H-pyrrole nitrogens is 1. The predicted octanol–water partition coefficient (Wildman–Crippen LogP) is 1.46. The van der Waals surface area contributed by atoms with E-state index in [1.54, 1.807) is 25.1 Å². The molecule has 0 aromatic heterocycles. The Labute approximate surface area is 187 Å². The standard InChI is InChI=1S/C22H19N5O6/c1-2-32-18(29)7-13-12(8-23)6-15-19(13)21(30)27-20(26-15)22(31)24-9-11-3-4-16-14(5-11)25-17(28)10-33-16/h3-6,30H,2,7,9-10H2,1H3,(H,24,31)(H,25,28)(H,26,27). The summed E-state index contributed by atoms with van der Waals surface area (Å²) in [4.78, 5) is 42.7. The molecular formula is C22H19N5O6. The topological polar surface area (TPSA) is 166 Å². The zero-order chi connectivity index (χ0) is 23.5. The van der Waals surface area contributed by atoms with Gasteiger partial charge in [0.25, 0.3) is 11.8 Å². The smallest absolute Gasteiger partial charge is 0.310 e. The van der Waals surface area contributed by atoms with Gasteiger partial charge < -0.3 is 30.2 Å². The van der Waals surface area contributed by atoms with Gasteiger partial charge in [0.15, 0.2) is 12.4 Å². The molecule has 168 valence electrons. The Kier molecular flexibility index (Phi) is 5.82. The van der Waals surface area contributed by atoms with Crippen molar-refractivity contribution in [2.75, 3.05) is 18.5 Å². The van der Waals surface area contributed by atoms with Crippen LogP contribution in [-0.2, 0) is 27.3 Å². The molecule has 11 heteroatoms. The number of carbonyl (C=O) groups excluding carboxylic acids is 3. The van der Waals surface area contributed by atoms with Crippen LogP contribution in [0, 0.1) is 11.3 Å². The van der Waals surface area contributed by atoms with Crippen molar-refractivity contribution in [3.8, 4) is 29.0 Å². The summed E-state index contributed by atoms with van der Waals surface area (Å²) in [6, 6.07) is 8.53. The van der Waals surface area contributed by atoms with Gasteiger partial charge in [0.05, 0.1) is 41.6 Å². The minimum atomic E-state index is -0.600. The van der Waals surface area contributed by atoms with Crippen LogP contribution in [0.3, 0.4) is 0 Å². The molecular weight excluding hydrogens is 430 g/mol. The van der Waals surface area contributed by atoms with Crippen LogP contribution in [0.15, 0.2) is 24.3 Å². The molecule has 11 nitrogen and oxygen atoms in total. The molecule has 0 fully saturated rings. The molecule has 3 aliphatic rings. The number of aromatic nitrogens is 2. The molecule has 2 aliphatic heterocycles. The molecule has 4 rings (SSSR count). The maximum absolute atomic E-state index is 12.6. The summed E-state index contributed by atoms with van der Waals surface area (Å²) < 4.78 is 10.2. The number of hydrogen-bond acceptors (Lipinski definition) is 8. The number of amides is 2. The molecule has 2 amide bonds. The van der Waals surface area contributed by atoms with Crippen molar-refractivity contribution in [3.63, 3.8) is 0 Å². The van der Waals surface area contributed by atoms with Crippen molar-refractivity contribution in [2.24, 2.45) is 0 Å². The molecule has 0 radical (unpaired) electrons. The lowest BCUT2D eigenvalue weighted by atomic mass is 10.1. The van der Waals surface area contributed by atoms with Crippen LogP contribution in [0.25, 0.3) is 11.3 Å². The normalized spacial score (nSPS) is 12.3. The first-order chi connectivity index (χ1) is 15.9. The fourth-order valence-corrected chi connectivity index (χ4v) is 3.53. The number of fused-ring (bicyclic) bond motifs is 2. The monoisotopic (exact) mass is 449 g/mol. The first kappa shape index (κ1) is 21.6. The maximum Gasteiger partial charge on any atom is 0.310 e. The minimum absolute atomic E-state index is 0.0483. The number of esters is 1. The van der Waals surface area contributed by atoms with Crippen molar-refractivity contribution >= 4 is 23.5 Å². The van der Waals surface area contributed by atoms with Gasteiger partial charge in [-0.25, -0.2) is 0 Å². The number of ether oxygens (including phenoxy) is 2. The van der Waals surface area contributed by atoms with E-state index in [0.717, 1.165) is 0 Å². The molecule has 0 spiro atoms. The van der Waals surface area contributed by atoms with E-state index in [-0.39, 0.29) is 60.3 Å². The third-order valence-corrected chi connectivity index (χ3v) is 4.97. The highest BCUT2D eigenvalue weighted by atomic mass is 16.5. The van der Waals surface area contributed by atoms with Gasteiger partial charge in [-0.1, -0.05) is 6.07 Å². The Balaban J connectivity index is 1.54. The number of hydrogen-bond donors (Lipinski definition) is 4. The lowest BCUT2D eigenvalue weighted by molar-refractivity contribution is -0.142. The molecule has 33 heavy (non-hydrogen) atoms. The number of aromatic hydroxyl groups is 1. The van der Waals surface area contributed by atoms with E-state index in [4.69, 9.17) is 9.47 Å². The molecule has 4 N–H and O–H groups in total. The molecule has 1 aromatic rings. The molecule has 1 aromatic carbocycles. The lowest BCUT2D eigenvalue weighted by Crippen LogP contribution is -2.27. The molecule has 0 saturated heterocycles. The zero-order valence-electron chi connectivity index (χ0n) is 17.5. The first-order valence-electron chi connectivity index (χ1n) is 10.0. The highest BCUT2D eigenvalue weighted by Gasteiger charge is 2.26. The number of rotatable bonds is 6. The van der Waals surface area contributed by atoms with Crippen LogP contribution in [0.4, 0.5) is 5.69 Å². The van der Waals surface area contributed by atoms with Crippen LogP contribution in [-0.4, -0.2) is 46.1 Å². The van der Waals surface area contributed by atoms with Crippen LogP contribution in [0.2, 0.25) is 0 Å². The number of anilines is 1. The SMILES string of the molecule is CCOC(=O)Cc1c(C#N)cc2[nH]c(C(=O)NCc3ccc4c(c3)NC(=O)CO4)nc(O)c1-2. The van der Waals surface area contributed by atoms with Gasteiger partial charge in [0.1, 0.15) is 5.75 Å². The van der Waals surface area contributed by atoms with Crippen molar-refractivity contribution in [3.05, 3.63) is 46.8 Å². The van der Waals surface area contributed by atoms with Crippen molar-refractivity contribution < 1.29 is 29.0 Å². The van der Waals surface area contributed by atoms with Gasteiger partial charge in [0.2, 0.25) is 5.88 Å². The summed E-state index contributed by atoms with van der Waals surface area (Å²) in [6.45, 7) is 1.92. The Morgan fingerprint density at radius 2 is 2.18 bits per heavy atom. The van der Waals surface area contributed by atoms with E-state index in [1.165, 1.54) is 6.07 Å². The fraction of sp³-hybridized carbons (Fsp3) is 0.227. The van der Waals surface area contributed by atoms with Crippen molar-refractivity contribution in [1.29, 1.82) is 5.26 Å². The summed E-state index contributed by atoms with van der Waals surface area (Å²) in [5.41, 5.74) is 2.13. The van der Waals surface area contributed by atoms with E-state index >= 15 is 0 Å². The summed E-state index contributed by atoms with van der Waals surface area (Å²) in [7, 11) is 0. The number of nitriles is 1. The third-order valence-electron chi connectivity index (χ3n) is 4.97. The van der Waals surface area contributed by atoms with E-state index in [9.17, 15) is 24.8 Å². The average Bonchev–Trinajstić information content (AvgIpc) is 3.15. The Morgan fingerprint density at radius 1 is 1.36 bits per heavy atom. The zero-order valence-corrected chi connectivity index (χ0v) is 17.5. The number of nitrogens with one attached hydrogen (secondary N) is 3. The predicted molar refractivity (Wildman–Crippen MR) is 114 cm³/mol. The van der Waals surface area contributed by atoms with E-state index in [1.807, 2.05) is 6.07 Å². The van der Waals surface area contributed by atoms with Crippen LogP contribution in [0.5, 0.6) is 11.6 Å². The van der Waals surface area contributed by atoms with Crippen LogP contribution in [0.1, 0.15) is 34.2 Å². The largest absolute Gasteiger partial charge is 0.493 e. The van der Waals surface area contributed by atoms with Gasteiger partial charge in [0, 0.05) is 6.54 Å². The summed E-state index contributed by atoms with van der Waals surface area (Å²) in [6.07, 6.45) is -0.215. The second kappa shape index (κ2) is 8.88. The number of benzene rings is 1. The lowest BCUT2D eigenvalue weighted by Gasteiger charge is -2.18.